The Balaban J connectivity index is 4.73. The molecule has 0 saturated heterocycles. The number of nitrogens with two attached hydrogens (primary N) is 1. The summed E-state index contributed by atoms with van der Waals surface area (Å²) in [7, 11) is 0. The van der Waals surface area contributed by atoms with Crippen LogP contribution in [0.25, 0.3) is 0 Å². The van der Waals surface area contributed by atoms with Crippen LogP contribution in [-0.4, -0.2) is 5.91 Å². The molecule has 2 N–H and O–H groups in total. The van der Waals surface area contributed by atoms with Crippen molar-refractivity contribution in [3.63, 3.8) is 0 Å². The predicted molar refractivity (Wildman–Crippen MR) is 51.6 cm³/mol. The van der Waals surface area contributed by atoms with E-state index in [1.54, 1.807) is 0 Å². The second-order valence-corrected chi connectivity index (χ2v) is 5.10. The minimum atomic E-state index is -0.213. The lowest BCUT2D eigenvalue weighted by Crippen LogP contribution is -2.42. The molecule has 0 aromatic heterocycles. The van der Waals surface area contributed by atoms with E-state index in [4.69, 9.17) is 5.73 Å². The average Bonchev–Trinajstić information content (AvgIpc) is 1.83. The minimum Gasteiger partial charge on any atom is -0.369 e. The van der Waals surface area contributed by atoms with Gasteiger partial charge in [0, 0.05) is 5.92 Å². The fourth-order valence-corrected chi connectivity index (χ4v) is 1.01. The molecule has 0 aliphatic heterocycles. The van der Waals surface area contributed by atoms with Crippen LogP contribution in [0.1, 0.15) is 41.5 Å². The summed E-state index contributed by atoms with van der Waals surface area (Å²) in [6, 6.07) is 0. The molecule has 12 heavy (non-hydrogen) atoms. The molecule has 2 nitrogen and oxygen atoms in total. The summed E-state index contributed by atoms with van der Waals surface area (Å²) in [5.74, 6) is -0.299. The highest BCUT2D eigenvalue weighted by Crippen LogP contribution is 2.43. The summed E-state index contributed by atoms with van der Waals surface area (Å²) in [6.45, 7) is 12.5. The molecule has 0 aromatic carbocycles. The molecule has 0 aliphatic rings. The lowest BCUT2D eigenvalue weighted by molar-refractivity contribution is -0.127. The van der Waals surface area contributed by atoms with Gasteiger partial charge in [-0.1, -0.05) is 41.5 Å². The SMILES string of the molecule is CC(C(N)=O)C(C)(C)C(C)(C)C. The summed E-state index contributed by atoms with van der Waals surface area (Å²) in [5.41, 5.74) is 5.32. The van der Waals surface area contributed by atoms with E-state index < -0.39 is 0 Å². The molecule has 1 atom stereocenters. The van der Waals surface area contributed by atoms with Crippen LogP contribution < -0.4 is 5.73 Å². The smallest absolute Gasteiger partial charge is 0.220 e. The molecule has 0 fully saturated rings. The summed E-state index contributed by atoms with van der Waals surface area (Å²) in [4.78, 5) is 11.0. The standard InChI is InChI=1S/C10H21NO/c1-7(8(11)12)10(5,6)9(2,3)4/h7H,1-6H3,(H2,11,12). The molecule has 0 aliphatic carbocycles. The average molecular weight is 171 g/mol. The minimum absolute atomic E-state index is 0.0567. The van der Waals surface area contributed by atoms with Crippen LogP contribution in [0.15, 0.2) is 0 Å². The third-order valence-corrected chi connectivity index (χ3v) is 3.44. The maximum atomic E-state index is 11.0. The largest absolute Gasteiger partial charge is 0.369 e. The Morgan fingerprint density at radius 1 is 1.17 bits per heavy atom. The number of rotatable bonds is 2. The molecule has 0 bridgehead atoms. The van der Waals surface area contributed by atoms with Crippen molar-refractivity contribution in [1.29, 1.82) is 0 Å². The Morgan fingerprint density at radius 2 is 1.50 bits per heavy atom. The zero-order valence-corrected chi connectivity index (χ0v) is 9.06. The summed E-state index contributed by atoms with van der Waals surface area (Å²) in [6.07, 6.45) is 0. The van der Waals surface area contributed by atoms with E-state index in [1.807, 2.05) is 6.92 Å². The van der Waals surface area contributed by atoms with Gasteiger partial charge in [0.15, 0.2) is 0 Å². The number of primary amides is 1. The van der Waals surface area contributed by atoms with Crippen molar-refractivity contribution < 1.29 is 4.79 Å². The molecule has 0 radical (unpaired) electrons. The highest BCUT2D eigenvalue weighted by molar-refractivity contribution is 5.77. The number of hydrogen-bond acceptors (Lipinski definition) is 1. The molecule has 72 valence electrons. The molecule has 1 amide bonds. The zero-order valence-electron chi connectivity index (χ0n) is 9.06. The van der Waals surface area contributed by atoms with E-state index in [9.17, 15) is 4.79 Å². The van der Waals surface area contributed by atoms with Crippen LogP contribution in [0.2, 0.25) is 0 Å². The topological polar surface area (TPSA) is 43.1 Å². The molecular formula is C10H21NO. The van der Waals surface area contributed by atoms with E-state index >= 15 is 0 Å². The summed E-state index contributed by atoms with van der Waals surface area (Å²) >= 11 is 0. The number of amides is 1. The van der Waals surface area contributed by atoms with Crippen LogP contribution in [0.3, 0.4) is 0 Å². The first-order valence-electron chi connectivity index (χ1n) is 4.40. The second kappa shape index (κ2) is 3.08. The molecule has 0 saturated carbocycles. The molecule has 0 spiro atoms. The Bertz CT molecular complexity index is 177. The van der Waals surface area contributed by atoms with Gasteiger partial charge in [0.05, 0.1) is 0 Å². The van der Waals surface area contributed by atoms with Gasteiger partial charge in [0.2, 0.25) is 5.91 Å². The first-order chi connectivity index (χ1) is 5.10. The Morgan fingerprint density at radius 3 is 1.58 bits per heavy atom. The fourth-order valence-electron chi connectivity index (χ4n) is 1.01. The monoisotopic (exact) mass is 171 g/mol. The summed E-state index contributed by atoms with van der Waals surface area (Å²) < 4.78 is 0. The normalized spacial score (nSPS) is 15.8. The molecular weight excluding hydrogens is 150 g/mol. The maximum Gasteiger partial charge on any atom is 0.220 e. The van der Waals surface area contributed by atoms with Crippen LogP contribution in [-0.2, 0) is 4.79 Å². The molecule has 0 aromatic rings. The summed E-state index contributed by atoms with van der Waals surface area (Å²) in [5, 5.41) is 0. The van der Waals surface area contributed by atoms with Gasteiger partial charge in [-0.2, -0.15) is 0 Å². The maximum absolute atomic E-state index is 11.0. The van der Waals surface area contributed by atoms with Crippen LogP contribution >= 0.6 is 0 Å². The van der Waals surface area contributed by atoms with Crippen molar-refractivity contribution in [3.8, 4) is 0 Å². The van der Waals surface area contributed by atoms with Gasteiger partial charge in [-0.15, -0.1) is 0 Å². The molecule has 2 heteroatoms. The van der Waals surface area contributed by atoms with Crippen LogP contribution in [0, 0.1) is 16.7 Å². The van der Waals surface area contributed by atoms with Gasteiger partial charge < -0.3 is 5.73 Å². The van der Waals surface area contributed by atoms with E-state index in [1.165, 1.54) is 0 Å². The zero-order chi connectivity index (χ0) is 10.2. The Hall–Kier alpha value is -0.530. The van der Waals surface area contributed by atoms with Gasteiger partial charge in [0.25, 0.3) is 0 Å². The number of hydrogen-bond donors (Lipinski definition) is 1. The second-order valence-electron chi connectivity index (χ2n) is 5.10. The van der Waals surface area contributed by atoms with Crippen molar-refractivity contribution in [2.75, 3.05) is 0 Å². The lowest BCUT2D eigenvalue weighted by Gasteiger charge is -2.42. The van der Waals surface area contributed by atoms with Gasteiger partial charge in [-0.05, 0) is 10.8 Å². The Kier molecular flexibility index (Phi) is 2.94. The highest BCUT2D eigenvalue weighted by Gasteiger charge is 2.40. The fraction of sp³-hybridized carbons (Fsp3) is 0.900. The van der Waals surface area contributed by atoms with Crippen molar-refractivity contribution >= 4 is 5.91 Å². The predicted octanol–water partition coefficient (Wildman–Crippen LogP) is 2.18. The first-order valence-corrected chi connectivity index (χ1v) is 4.40. The quantitative estimate of drug-likeness (QED) is 0.680. The van der Waals surface area contributed by atoms with Crippen LogP contribution in [0.4, 0.5) is 0 Å². The lowest BCUT2D eigenvalue weighted by atomic mass is 9.62. The molecule has 0 heterocycles. The third kappa shape index (κ3) is 1.99. The number of carbonyl (C=O) groups excluding carboxylic acids is 1. The van der Waals surface area contributed by atoms with Crippen molar-refractivity contribution in [2.24, 2.45) is 22.5 Å². The van der Waals surface area contributed by atoms with E-state index in [-0.39, 0.29) is 22.7 Å². The van der Waals surface area contributed by atoms with Crippen molar-refractivity contribution in [1.82, 2.24) is 0 Å². The van der Waals surface area contributed by atoms with Gasteiger partial charge in [-0.3, -0.25) is 4.79 Å². The van der Waals surface area contributed by atoms with Gasteiger partial charge >= 0.3 is 0 Å². The van der Waals surface area contributed by atoms with Gasteiger partial charge in [-0.25, -0.2) is 0 Å². The first kappa shape index (κ1) is 11.5. The van der Waals surface area contributed by atoms with Crippen LogP contribution in [0.5, 0.6) is 0 Å². The van der Waals surface area contributed by atoms with Crippen molar-refractivity contribution in [2.45, 2.75) is 41.5 Å². The molecule has 0 rings (SSSR count). The number of carbonyl (C=O) groups is 1. The van der Waals surface area contributed by atoms with E-state index in [0.717, 1.165) is 0 Å². The van der Waals surface area contributed by atoms with Gasteiger partial charge in [0.1, 0.15) is 0 Å². The Labute approximate surface area is 75.5 Å². The third-order valence-electron chi connectivity index (χ3n) is 3.44. The van der Waals surface area contributed by atoms with E-state index in [0.29, 0.717) is 0 Å². The molecule has 1 unspecified atom stereocenters. The highest BCUT2D eigenvalue weighted by atomic mass is 16.1. The van der Waals surface area contributed by atoms with Crippen molar-refractivity contribution in [3.05, 3.63) is 0 Å². The van der Waals surface area contributed by atoms with E-state index in [2.05, 4.69) is 34.6 Å².